The molecule has 0 aliphatic carbocycles. The summed E-state index contributed by atoms with van der Waals surface area (Å²) in [6, 6.07) is 17.1. The Kier molecular flexibility index (Phi) is 12.8. The molecule has 3 N–H and O–H groups in total. The molecule has 2 aliphatic rings. The fourth-order valence-electron chi connectivity index (χ4n) is 6.15. The minimum atomic E-state index is -0.481. The molecule has 0 unspecified atom stereocenters. The molecule has 3 amide bonds. The summed E-state index contributed by atoms with van der Waals surface area (Å²) >= 11 is 0. The first-order valence-corrected chi connectivity index (χ1v) is 17.3. The Morgan fingerprint density at radius 2 is 1.72 bits per heavy atom. The van der Waals surface area contributed by atoms with Crippen LogP contribution >= 0.6 is 0 Å². The van der Waals surface area contributed by atoms with E-state index in [1.54, 1.807) is 54.5 Å². The van der Waals surface area contributed by atoms with Crippen molar-refractivity contribution < 1.29 is 38.4 Å². The number of hydrogen-bond donors (Lipinski definition) is 3. The van der Waals surface area contributed by atoms with Crippen molar-refractivity contribution in [1.82, 2.24) is 9.80 Å². The van der Waals surface area contributed by atoms with Crippen molar-refractivity contribution in [2.75, 3.05) is 57.9 Å². The lowest BCUT2D eigenvalue weighted by Gasteiger charge is -2.36. The molecule has 270 valence electrons. The Balaban J connectivity index is 1.35. The van der Waals surface area contributed by atoms with Gasteiger partial charge in [-0.25, -0.2) is 4.79 Å². The van der Waals surface area contributed by atoms with Gasteiger partial charge in [0, 0.05) is 43.5 Å². The van der Waals surface area contributed by atoms with E-state index in [4.69, 9.17) is 23.7 Å². The van der Waals surface area contributed by atoms with Crippen LogP contribution in [0.5, 0.6) is 23.0 Å². The van der Waals surface area contributed by atoms with Crippen LogP contribution in [-0.4, -0.2) is 92.3 Å². The highest BCUT2D eigenvalue weighted by atomic mass is 16.7. The molecule has 2 heterocycles. The molecule has 0 bridgehead atoms. The zero-order chi connectivity index (χ0) is 35.6. The fourth-order valence-corrected chi connectivity index (χ4v) is 6.15. The van der Waals surface area contributed by atoms with Crippen molar-refractivity contribution in [2.45, 2.75) is 64.8 Å². The van der Waals surface area contributed by atoms with Gasteiger partial charge in [-0.05, 0) is 100 Å². The molecular weight excluding hydrogens is 640 g/mol. The molecule has 3 aromatic carbocycles. The maximum atomic E-state index is 14.4. The number of likely N-dealkylation sites (N-methyl/N-ethyl adjacent to an activating group) is 1. The number of aliphatic hydroxyl groups excluding tert-OH is 1. The molecule has 2 aliphatic heterocycles. The monoisotopic (exact) mass is 690 g/mol. The third-order valence-corrected chi connectivity index (χ3v) is 9.04. The number of methoxy groups -OCH3 is 1. The molecule has 0 aromatic heterocycles. The van der Waals surface area contributed by atoms with Gasteiger partial charge in [0.15, 0.2) is 11.5 Å². The third kappa shape index (κ3) is 9.80. The van der Waals surface area contributed by atoms with E-state index in [0.29, 0.717) is 54.7 Å². The van der Waals surface area contributed by atoms with Crippen LogP contribution in [0.15, 0.2) is 60.7 Å². The topological polar surface area (TPSA) is 131 Å². The van der Waals surface area contributed by atoms with E-state index >= 15 is 0 Å². The van der Waals surface area contributed by atoms with E-state index in [0.717, 1.165) is 36.3 Å². The molecule has 50 heavy (non-hydrogen) atoms. The van der Waals surface area contributed by atoms with Gasteiger partial charge in [0.25, 0.3) is 5.91 Å². The standard InChI is InChI=1S/C38H50N4O8/c1-25-20-42(26(2)23-43)37(44)32-19-30(40-38(45)39-29-10-13-31(46-5)14-11-29)12-16-33(32)50-27(3)8-6-7-17-47-36(25)22-41(4)21-28-9-15-34-35(18-28)49-24-48-34/h9-16,18-19,25-27,36,43H,6-8,17,20-24H2,1-5H3,(H2,39,40,45)/t25-,26+,27+,36+/m1/s1. The van der Waals surface area contributed by atoms with Crippen molar-refractivity contribution in [3.63, 3.8) is 0 Å². The smallest absolute Gasteiger partial charge is 0.323 e. The van der Waals surface area contributed by atoms with Crippen molar-refractivity contribution in [3.8, 4) is 23.0 Å². The Labute approximate surface area is 294 Å². The van der Waals surface area contributed by atoms with E-state index in [-0.39, 0.29) is 37.4 Å². The van der Waals surface area contributed by atoms with E-state index in [2.05, 4.69) is 29.5 Å². The first kappa shape index (κ1) is 36.8. The molecule has 0 spiro atoms. The molecule has 12 nitrogen and oxygen atoms in total. The summed E-state index contributed by atoms with van der Waals surface area (Å²) in [4.78, 5) is 31.2. The minimum Gasteiger partial charge on any atom is -0.497 e. The highest BCUT2D eigenvalue weighted by Gasteiger charge is 2.30. The quantitative estimate of drug-likeness (QED) is 0.248. The number of carbonyl (C=O) groups is 2. The van der Waals surface area contributed by atoms with Gasteiger partial charge in [-0.3, -0.25) is 9.69 Å². The number of benzene rings is 3. The largest absolute Gasteiger partial charge is 0.497 e. The third-order valence-electron chi connectivity index (χ3n) is 9.04. The van der Waals surface area contributed by atoms with Gasteiger partial charge in [-0.2, -0.15) is 0 Å². The van der Waals surface area contributed by atoms with Crippen LogP contribution < -0.4 is 29.6 Å². The number of hydrogen-bond acceptors (Lipinski definition) is 9. The second kappa shape index (κ2) is 17.4. The van der Waals surface area contributed by atoms with Gasteiger partial charge in [0.2, 0.25) is 6.79 Å². The van der Waals surface area contributed by atoms with Gasteiger partial charge in [0.1, 0.15) is 11.5 Å². The van der Waals surface area contributed by atoms with E-state index < -0.39 is 12.1 Å². The number of aliphatic hydroxyl groups is 1. The number of nitrogens with one attached hydrogen (secondary N) is 2. The second-order valence-corrected chi connectivity index (χ2v) is 13.2. The predicted octanol–water partition coefficient (Wildman–Crippen LogP) is 6.00. The average Bonchev–Trinajstić information content (AvgIpc) is 3.58. The number of rotatable bonds is 9. The van der Waals surface area contributed by atoms with Crippen LogP contribution in [0.3, 0.4) is 0 Å². The number of urea groups is 1. The Hall–Kier alpha value is -4.52. The van der Waals surface area contributed by atoms with Crippen LogP contribution in [-0.2, 0) is 11.3 Å². The lowest BCUT2D eigenvalue weighted by molar-refractivity contribution is -0.0177. The molecule has 0 radical (unpaired) electrons. The lowest BCUT2D eigenvalue weighted by atomic mass is 10.0. The molecule has 0 fully saturated rings. The summed E-state index contributed by atoms with van der Waals surface area (Å²) in [6.07, 6.45) is 2.21. The van der Waals surface area contributed by atoms with Gasteiger partial charge < -0.3 is 44.3 Å². The lowest BCUT2D eigenvalue weighted by Crippen LogP contribution is -2.47. The summed E-state index contributed by atoms with van der Waals surface area (Å²) in [7, 11) is 3.63. The van der Waals surface area contributed by atoms with Crippen molar-refractivity contribution >= 4 is 23.3 Å². The summed E-state index contributed by atoms with van der Waals surface area (Å²) in [6.45, 7) is 8.15. The molecule has 4 atom stereocenters. The molecule has 5 rings (SSSR count). The molecule has 12 heteroatoms. The number of anilines is 2. The minimum absolute atomic E-state index is 0.0741. The first-order chi connectivity index (χ1) is 24.1. The Morgan fingerprint density at radius 3 is 2.48 bits per heavy atom. The van der Waals surface area contributed by atoms with E-state index in [9.17, 15) is 14.7 Å². The predicted molar refractivity (Wildman–Crippen MR) is 191 cm³/mol. The summed E-state index contributed by atoms with van der Waals surface area (Å²) < 4.78 is 29.1. The zero-order valence-corrected chi connectivity index (χ0v) is 29.6. The van der Waals surface area contributed by atoms with Gasteiger partial charge in [0.05, 0.1) is 37.5 Å². The maximum absolute atomic E-state index is 14.4. The van der Waals surface area contributed by atoms with Gasteiger partial charge in [-0.15, -0.1) is 0 Å². The number of carbonyl (C=O) groups excluding carboxylic acids is 2. The highest BCUT2D eigenvalue weighted by molar-refractivity contribution is 6.02. The van der Waals surface area contributed by atoms with Crippen LogP contribution in [0, 0.1) is 5.92 Å². The second-order valence-electron chi connectivity index (χ2n) is 13.2. The number of amides is 3. The van der Waals surface area contributed by atoms with Crippen molar-refractivity contribution in [2.24, 2.45) is 5.92 Å². The zero-order valence-electron chi connectivity index (χ0n) is 29.6. The van der Waals surface area contributed by atoms with Crippen LogP contribution in [0.25, 0.3) is 0 Å². The Morgan fingerprint density at radius 1 is 1.00 bits per heavy atom. The van der Waals surface area contributed by atoms with Crippen molar-refractivity contribution in [3.05, 3.63) is 71.8 Å². The van der Waals surface area contributed by atoms with Gasteiger partial charge >= 0.3 is 6.03 Å². The van der Waals surface area contributed by atoms with Crippen LogP contribution in [0.4, 0.5) is 16.2 Å². The molecule has 0 saturated carbocycles. The molecular formula is C38H50N4O8. The fraction of sp³-hybridized carbons (Fsp3) is 0.474. The van der Waals surface area contributed by atoms with Gasteiger partial charge in [-0.1, -0.05) is 13.0 Å². The van der Waals surface area contributed by atoms with Crippen molar-refractivity contribution in [1.29, 1.82) is 0 Å². The normalized spacial score (nSPS) is 20.3. The first-order valence-electron chi connectivity index (χ1n) is 17.3. The summed E-state index contributed by atoms with van der Waals surface area (Å²) in [5, 5.41) is 15.9. The summed E-state index contributed by atoms with van der Waals surface area (Å²) in [5.74, 6) is 2.24. The Bertz CT molecular complexity index is 1590. The van der Waals surface area contributed by atoms with E-state index in [1.807, 2.05) is 32.0 Å². The average molecular weight is 691 g/mol. The van der Waals surface area contributed by atoms with Crippen LogP contribution in [0.1, 0.15) is 56.0 Å². The van der Waals surface area contributed by atoms with E-state index in [1.165, 1.54) is 0 Å². The SMILES string of the molecule is COc1ccc(NC(=O)Nc2ccc3c(c2)C(=O)N([C@@H](C)CO)C[C@@H](C)[C@H](CN(C)Cc2ccc4c(c2)OCO4)OCCCC[C@H](C)O3)cc1. The van der Waals surface area contributed by atoms with Crippen LogP contribution in [0.2, 0.25) is 0 Å². The molecule has 0 saturated heterocycles. The number of fused-ring (bicyclic) bond motifs is 2. The number of ether oxygens (including phenoxy) is 5. The number of nitrogens with zero attached hydrogens (tertiary/aromatic N) is 2. The molecule has 3 aromatic rings. The highest BCUT2D eigenvalue weighted by Crippen LogP contribution is 2.33. The maximum Gasteiger partial charge on any atom is 0.323 e. The summed E-state index contributed by atoms with van der Waals surface area (Å²) in [5.41, 5.74) is 2.42.